The number of ether oxygens (including phenoxy) is 2. The molecular formula is C22H29N3O5. The van der Waals surface area contributed by atoms with E-state index in [0.717, 1.165) is 24.9 Å². The molecule has 1 fully saturated rings. The van der Waals surface area contributed by atoms with Gasteiger partial charge in [-0.15, -0.1) is 0 Å². The Morgan fingerprint density at radius 3 is 2.57 bits per heavy atom. The number of nitrogens with one attached hydrogen (secondary N) is 2. The molecule has 2 aliphatic heterocycles. The summed E-state index contributed by atoms with van der Waals surface area (Å²) in [7, 11) is 0. The molecule has 8 nitrogen and oxygen atoms in total. The van der Waals surface area contributed by atoms with Crippen molar-refractivity contribution in [1.82, 2.24) is 15.5 Å². The molecule has 2 amide bonds. The van der Waals surface area contributed by atoms with Gasteiger partial charge < -0.3 is 20.1 Å². The first kappa shape index (κ1) is 21.8. The van der Waals surface area contributed by atoms with Gasteiger partial charge in [-0.3, -0.25) is 9.69 Å². The lowest BCUT2D eigenvalue weighted by molar-refractivity contribution is -0.150. The van der Waals surface area contributed by atoms with Crippen molar-refractivity contribution in [3.63, 3.8) is 0 Å². The Morgan fingerprint density at radius 1 is 1.13 bits per heavy atom. The van der Waals surface area contributed by atoms with Crippen LogP contribution >= 0.6 is 0 Å². The van der Waals surface area contributed by atoms with Crippen LogP contribution in [-0.4, -0.2) is 55.7 Å². The minimum atomic E-state index is -0.598. The fraction of sp³-hybridized carbons (Fsp3) is 0.500. The molecule has 30 heavy (non-hydrogen) atoms. The van der Waals surface area contributed by atoms with E-state index in [0.29, 0.717) is 31.0 Å². The number of carbonyl (C=O) groups is 3. The van der Waals surface area contributed by atoms with Crippen LogP contribution in [0.25, 0.3) is 0 Å². The molecule has 1 saturated heterocycles. The smallest absolute Gasteiger partial charge is 0.338 e. The highest BCUT2D eigenvalue weighted by molar-refractivity contribution is 5.95. The average Bonchev–Trinajstić information content (AvgIpc) is 2.74. The first-order valence-corrected chi connectivity index (χ1v) is 10.4. The van der Waals surface area contributed by atoms with Crippen molar-refractivity contribution < 1.29 is 23.9 Å². The number of likely N-dealkylation sites (tertiary alicyclic amines) is 1. The molecule has 0 unspecified atom stereocenters. The number of piperidine rings is 1. The van der Waals surface area contributed by atoms with E-state index in [2.05, 4.69) is 15.5 Å². The van der Waals surface area contributed by atoms with E-state index in [1.807, 2.05) is 30.3 Å². The van der Waals surface area contributed by atoms with Crippen LogP contribution in [0.4, 0.5) is 4.79 Å². The third-order valence-corrected chi connectivity index (χ3v) is 5.29. The molecule has 1 aromatic carbocycles. The standard InChI is InChI=1S/C22H29N3O5/c1-3-29-20(26)16-11-8-12-25(13-16)14-17-18(21(27)30-4-2)19(24-22(28)23-17)15-9-6-5-7-10-15/h5-7,9-10,16,19H,3-4,8,11-14H2,1-2H3,(H2,23,24,28)/t16-,19-/m0/s1. The third kappa shape index (κ3) is 5.18. The number of benzene rings is 1. The summed E-state index contributed by atoms with van der Waals surface area (Å²) in [6.45, 7) is 5.78. The number of rotatable bonds is 7. The van der Waals surface area contributed by atoms with E-state index in [4.69, 9.17) is 9.47 Å². The maximum atomic E-state index is 12.8. The molecule has 0 saturated carbocycles. The highest BCUT2D eigenvalue weighted by atomic mass is 16.5. The largest absolute Gasteiger partial charge is 0.466 e. The van der Waals surface area contributed by atoms with Crippen LogP contribution in [0.1, 0.15) is 38.3 Å². The van der Waals surface area contributed by atoms with Crippen LogP contribution in [0, 0.1) is 5.92 Å². The Kier molecular flexibility index (Phi) is 7.46. The van der Waals surface area contributed by atoms with Crippen LogP contribution in [-0.2, 0) is 19.1 Å². The number of nitrogens with zero attached hydrogens (tertiary/aromatic N) is 1. The molecule has 0 aromatic heterocycles. The number of amides is 2. The molecule has 0 spiro atoms. The molecule has 1 aromatic rings. The van der Waals surface area contributed by atoms with Crippen LogP contribution in [0.3, 0.4) is 0 Å². The van der Waals surface area contributed by atoms with Gasteiger partial charge in [-0.25, -0.2) is 9.59 Å². The number of esters is 2. The Hall–Kier alpha value is -2.87. The molecule has 3 rings (SSSR count). The molecular weight excluding hydrogens is 386 g/mol. The first-order valence-electron chi connectivity index (χ1n) is 10.4. The predicted octanol–water partition coefficient (Wildman–Crippen LogP) is 2.13. The van der Waals surface area contributed by atoms with Crippen molar-refractivity contribution in [1.29, 1.82) is 0 Å². The summed E-state index contributed by atoms with van der Waals surface area (Å²) in [6, 6.07) is 8.37. The van der Waals surface area contributed by atoms with Gasteiger partial charge in [-0.2, -0.15) is 0 Å². The summed E-state index contributed by atoms with van der Waals surface area (Å²) in [5.41, 5.74) is 1.70. The number of hydrogen-bond acceptors (Lipinski definition) is 6. The highest BCUT2D eigenvalue weighted by Gasteiger charge is 2.35. The van der Waals surface area contributed by atoms with E-state index in [9.17, 15) is 14.4 Å². The molecule has 8 heteroatoms. The topological polar surface area (TPSA) is 97.0 Å². The number of hydrogen-bond donors (Lipinski definition) is 2. The van der Waals surface area contributed by atoms with Gasteiger partial charge in [0.25, 0.3) is 0 Å². The second kappa shape index (κ2) is 10.2. The Balaban J connectivity index is 1.88. The van der Waals surface area contributed by atoms with Crippen molar-refractivity contribution in [3.05, 3.63) is 47.2 Å². The van der Waals surface area contributed by atoms with Crippen LogP contribution in [0.5, 0.6) is 0 Å². The fourth-order valence-corrected chi connectivity index (χ4v) is 3.96. The van der Waals surface area contributed by atoms with Crippen molar-refractivity contribution in [2.45, 2.75) is 32.7 Å². The average molecular weight is 415 g/mol. The summed E-state index contributed by atoms with van der Waals surface area (Å²) in [6.07, 6.45) is 1.62. The highest BCUT2D eigenvalue weighted by Crippen LogP contribution is 2.29. The first-order chi connectivity index (χ1) is 14.5. The Bertz CT molecular complexity index is 808. The van der Waals surface area contributed by atoms with E-state index in [1.165, 1.54) is 0 Å². The lowest BCUT2D eigenvalue weighted by Gasteiger charge is -2.35. The van der Waals surface area contributed by atoms with Gasteiger partial charge in [0, 0.05) is 18.8 Å². The third-order valence-electron chi connectivity index (χ3n) is 5.29. The van der Waals surface area contributed by atoms with Gasteiger partial charge in [0.15, 0.2) is 0 Å². The summed E-state index contributed by atoms with van der Waals surface area (Å²) in [5.74, 6) is -0.862. The van der Waals surface area contributed by atoms with E-state index in [1.54, 1.807) is 13.8 Å². The van der Waals surface area contributed by atoms with Gasteiger partial charge >= 0.3 is 18.0 Å². The van der Waals surface area contributed by atoms with Crippen LogP contribution < -0.4 is 10.6 Å². The van der Waals surface area contributed by atoms with Gasteiger partial charge in [0.05, 0.1) is 30.7 Å². The number of carbonyl (C=O) groups excluding carboxylic acids is 3. The van der Waals surface area contributed by atoms with Crippen molar-refractivity contribution >= 4 is 18.0 Å². The van der Waals surface area contributed by atoms with Crippen molar-refractivity contribution in [2.24, 2.45) is 5.92 Å². The molecule has 2 heterocycles. The zero-order valence-corrected chi connectivity index (χ0v) is 17.5. The van der Waals surface area contributed by atoms with Crippen LogP contribution in [0.2, 0.25) is 0 Å². The zero-order chi connectivity index (χ0) is 21.5. The minimum absolute atomic E-state index is 0.196. The Morgan fingerprint density at radius 2 is 1.87 bits per heavy atom. The van der Waals surface area contributed by atoms with E-state index in [-0.39, 0.29) is 24.5 Å². The monoisotopic (exact) mass is 415 g/mol. The second-order valence-corrected chi connectivity index (χ2v) is 7.38. The lowest BCUT2D eigenvalue weighted by atomic mass is 9.94. The van der Waals surface area contributed by atoms with Gasteiger partial charge in [-0.05, 0) is 38.8 Å². The lowest BCUT2D eigenvalue weighted by Crippen LogP contribution is -2.50. The number of urea groups is 1. The van der Waals surface area contributed by atoms with E-state index >= 15 is 0 Å². The molecule has 162 valence electrons. The zero-order valence-electron chi connectivity index (χ0n) is 17.5. The van der Waals surface area contributed by atoms with Crippen molar-refractivity contribution in [2.75, 3.05) is 32.8 Å². The SMILES string of the molecule is CCOC(=O)C1=C(CN2CCC[C@H](C(=O)OCC)C2)NC(=O)N[C@H]1c1ccccc1. The Labute approximate surface area is 176 Å². The summed E-state index contributed by atoms with van der Waals surface area (Å²) >= 11 is 0. The molecule has 2 atom stereocenters. The predicted molar refractivity (Wildman–Crippen MR) is 110 cm³/mol. The summed E-state index contributed by atoms with van der Waals surface area (Å²) < 4.78 is 10.5. The summed E-state index contributed by atoms with van der Waals surface area (Å²) in [4.78, 5) is 39.5. The van der Waals surface area contributed by atoms with Gasteiger partial charge in [0.1, 0.15) is 0 Å². The molecule has 0 aliphatic carbocycles. The van der Waals surface area contributed by atoms with E-state index < -0.39 is 12.0 Å². The molecule has 2 aliphatic rings. The normalized spacial score (nSPS) is 22.1. The molecule has 0 bridgehead atoms. The minimum Gasteiger partial charge on any atom is -0.466 e. The van der Waals surface area contributed by atoms with Gasteiger partial charge in [0.2, 0.25) is 0 Å². The second-order valence-electron chi connectivity index (χ2n) is 7.38. The van der Waals surface area contributed by atoms with Crippen molar-refractivity contribution in [3.8, 4) is 0 Å². The van der Waals surface area contributed by atoms with Crippen LogP contribution in [0.15, 0.2) is 41.6 Å². The quantitative estimate of drug-likeness (QED) is 0.663. The maximum Gasteiger partial charge on any atom is 0.338 e. The maximum absolute atomic E-state index is 12.8. The molecule has 2 N–H and O–H groups in total. The fourth-order valence-electron chi connectivity index (χ4n) is 3.96. The van der Waals surface area contributed by atoms with Gasteiger partial charge in [-0.1, -0.05) is 30.3 Å². The molecule has 0 radical (unpaired) electrons. The summed E-state index contributed by atoms with van der Waals surface area (Å²) in [5, 5.41) is 5.62.